The van der Waals surface area contributed by atoms with Crippen molar-refractivity contribution in [1.82, 2.24) is 0 Å². The molecule has 2 fully saturated rings. The maximum atomic E-state index is 5.99. The second-order valence-corrected chi connectivity index (χ2v) is 15.2. The molecule has 0 amide bonds. The van der Waals surface area contributed by atoms with Crippen LogP contribution in [0.15, 0.2) is 71.1 Å². The molecule has 0 bridgehead atoms. The van der Waals surface area contributed by atoms with Crippen molar-refractivity contribution < 1.29 is 18.8 Å². The number of hydrogen-bond donors (Lipinski definition) is 0. The first-order valence-electron chi connectivity index (χ1n) is 19.1. The molecule has 1 aliphatic carbocycles. The van der Waals surface area contributed by atoms with E-state index in [4.69, 9.17) is 14.2 Å². The predicted molar refractivity (Wildman–Crippen MR) is 209 cm³/mol. The van der Waals surface area contributed by atoms with Crippen molar-refractivity contribution in [2.75, 3.05) is 62.4 Å². The zero-order valence-corrected chi connectivity index (χ0v) is 32.5. The number of hydrogen-bond acceptors (Lipinski definition) is 5. The summed E-state index contributed by atoms with van der Waals surface area (Å²) in [5.41, 5.74) is 14.6. The lowest BCUT2D eigenvalue weighted by Gasteiger charge is -2.27. The first-order chi connectivity index (χ1) is 24.0. The lowest BCUT2D eigenvalue weighted by molar-refractivity contribution is -0.548. The van der Waals surface area contributed by atoms with Crippen LogP contribution in [-0.2, 0) is 15.6 Å². The van der Waals surface area contributed by atoms with Gasteiger partial charge in [-0.25, -0.2) is 4.58 Å². The van der Waals surface area contributed by atoms with Crippen molar-refractivity contribution in [1.29, 1.82) is 0 Å². The van der Waals surface area contributed by atoms with Crippen LogP contribution < -0.4 is 19.3 Å². The summed E-state index contributed by atoms with van der Waals surface area (Å²) in [5, 5.41) is 0. The molecule has 0 unspecified atom stereocenters. The van der Waals surface area contributed by atoms with Crippen molar-refractivity contribution in [3.05, 3.63) is 93.4 Å². The van der Waals surface area contributed by atoms with Gasteiger partial charge in [-0.15, -0.1) is 0 Å². The highest BCUT2D eigenvalue weighted by Gasteiger charge is 2.42. The third-order valence-electron chi connectivity index (χ3n) is 11.3. The maximum Gasteiger partial charge on any atom is 0.206 e. The largest absolute Gasteiger partial charge is 0.494 e. The first kappa shape index (κ1) is 36.0. The number of rotatable bonds is 8. The number of benzene rings is 2. The van der Waals surface area contributed by atoms with Gasteiger partial charge in [0.25, 0.3) is 0 Å². The molecule has 4 aliphatic rings. The Morgan fingerprint density at radius 1 is 0.680 bits per heavy atom. The van der Waals surface area contributed by atoms with Crippen LogP contribution in [0.3, 0.4) is 0 Å². The van der Waals surface area contributed by atoms with Crippen LogP contribution >= 0.6 is 0 Å². The molecular formula is C44H60N3O3+. The highest BCUT2D eigenvalue weighted by molar-refractivity contribution is 6.10. The molecule has 1 saturated heterocycles. The van der Waals surface area contributed by atoms with E-state index in [1.54, 1.807) is 0 Å². The molecular weight excluding hydrogens is 619 g/mol. The topological polar surface area (TPSA) is 37.2 Å². The van der Waals surface area contributed by atoms with Gasteiger partial charge in [0.05, 0.1) is 13.2 Å². The minimum atomic E-state index is -0.135. The number of aryl methyl sites for hydroxylation is 2. The third kappa shape index (κ3) is 6.33. The van der Waals surface area contributed by atoms with E-state index in [9.17, 15) is 0 Å². The first-order valence-corrected chi connectivity index (χ1v) is 19.1. The normalized spacial score (nSPS) is 23.0. The summed E-state index contributed by atoms with van der Waals surface area (Å²) in [6, 6.07) is 8.93. The van der Waals surface area contributed by atoms with Gasteiger partial charge in [-0.05, 0) is 119 Å². The van der Waals surface area contributed by atoms with Gasteiger partial charge in [-0.1, -0.05) is 39.8 Å². The van der Waals surface area contributed by atoms with Crippen LogP contribution in [0.2, 0.25) is 0 Å². The van der Waals surface area contributed by atoms with Gasteiger partial charge in [-0.3, -0.25) is 0 Å². The third-order valence-corrected chi connectivity index (χ3v) is 11.3. The Bertz CT molecular complexity index is 1660. The van der Waals surface area contributed by atoms with E-state index in [2.05, 4.69) is 132 Å². The minimum Gasteiger partial charge on any atom is -0.494 e. The molecule has 0 atom stereocenters. The van der Waals surface area contributed by atoms with Gasteiger partial charge in [0.2, 0.25) is 5.71 Å². The van der Waals surface area contributed by atoms with Crippen molar-refractivity contribution in [2.24, 2.45) is 0 Å². The molecule has 0 N–H and O–H groups in total. The van der Waals surface area contributed by atoms with Crippen LogP contribution in [0.1, 0.15) is 96.9 Å². The van der Waals surface area contributed by atoms with Crippen LogP contribution in [0.5, 0.6) is 11.5 Å². The van der Waals surface area contributed by atoms with E-state index < -0.39 is 0 Å². The summed E-state index contributed by atoms with van der Waals surface area (Å²) >= 11 is 0. The highest BCUT2D eigenvalue weighted by Crippen LogP contribution is 2.52. The van der Waals surface area contributed by atoms with Gasteiger partial charge in [0.1, 0.15) is 24.7 Å². The molecule has 6 nitrogen and oxygen atoms in total. The predicted octanol–water partition coefficient (Wildman–Crippen LogP) is 9.32. The van der Waals surface area contributed by atoms with Gasteiger partial charge >= 0.3 is 0 Å². The Kier molecular flexibility index (Phi) is 10.4. The molecule has 0 radical (unpaired) electrons. The summed E-state index contributed by atoms with van der Waals surface area (Å²) < 4.78 is 20.4. The average Bonchev–Trinajstić information content (AvgIpc) is 3.45. The van der Waals surface area contributed by atoms with E-state index in [1.165, 1.54) is 61.9 Å². The van der Waals surface area contributed by atoms with E-state index in [0.29, 0.717) is 13.2 Å². The molecule has 3 heterocycles. The number of ether oxygens (including phenoxy) is 3. The van der Waals surface area contributed by atoms with Gasteiger partial charge in [0.15, 0.2) is 13.1 Å². The summed E-state index contributed by atoms with van der Waals surface area (Å²) in [6.45, 7) is 29.2. The summed E-state index contributed by atoms with van der Waals surface area (Å²) in [4.78, 5) is 5.04. The minimum absolute atomic E-state index is 0.135. The quantitative estimate of drug-likeness (QED) is 0.260. The fraction of sp³-hybridized carbons (Fsp3) is 0.523. The van der Waals surface area contributed by atoms with Crippen LogP contribution in [0.4, 0.5) is 11.4 Å². The van der Waals surface area contributed by atoms with Crippen LogP contribution in [0, 0.1) is 13.8 Å². The van der Waals surface area contributed by atoms with Crippen molar-refractivity contribution >= 4 is 17.1 Å². The Hall–Kier alpha value is -3.77. The monoisotopic (exact) mass is 678 g/mol. The lowest BCUT2D eigenvalue weighted by atomic mass is 9.81. The molecule has 3 aliphatic heterocycles. The van der Waals surface area contributed by atoms with Gasteiger partial charge in [-0.2, -0.15) is 0 Å². The van der Waals surface area contributed by atoms with Gasteiger partial charge < -0.3 is 24.0 Å². The average molecular weight is 679 g/mol. The molecule has 0 spiro atoms. The highest BCUT2D eigenvalue weighted by atomic mass is 16.5. The Morgan fingerprint density at radius 3 is 1.52 bits per heavy atom. The fourth-order valence-corrected chi connectivity index (χ4v) is 8.90. The van der Waals surface area contributed by atoms with Crippen molar-refractivity contribution in [3.63, 3.8) is 0 Å². The zero-order chi connectivity index (χ0) is 35.8. The summed E-state index contributed by atoms with van der Waals surface area (Å²) in [7, 11) is 0. The second kappa shape index (κ2) is 14.5. The SMILES string of the molecule is CCOc1cc(C)c2c(c1)C(C)(C)C(=CC=C1CCC/C(=C\C=C3/N(CC)c4c(C)cc(OCC)cc4C3(C)C)C1=[N+]1CCOCC1)N2CC. The molecule has 1 saturated carbocycles. The number of allylic oxidation sites excluding steroid dienone is 8. The lowest BCUT2D eigenvalue weighted by Crippen LogP contribution is -2.36. The molecule has 50 heavy (non-hydrogen) atoms. The van der Waals surface area contributed by atoms with Crippen LogP contribution in [-0.4, -0.2) is 62.9 Å². The van der Waals surface area contributed by atoms with Crippen LogP contribution in [0.25, 0.3) is 0 Å². The molecule has 0 aromatic heterocycles. The Morgan fingerprint density at radius 2 is 1.12 bits per heavy atom. The molecule has 6 rings (SSSR count). The fourth-order valence-electron chi connectivity index (χ4n) is 8.90. The van der Waals surface area contributed by atoms with Crippen molar-refractivity contribution in [2.45, 2.75) is 99.3 Å². The standard InChI is InChI=1S/C44H60N3O3/c1-11-46-38(43(7,8)36-28-34(49-13-3)26-30(5)40(36)46)20-18-32-16-15-17-33(42(32)45-22-24-48-25-23-45)19-21-39-44(9,10)37-29-35(50-14-4)27-31(6)41(37)47(39)12-2/h18-21,26-29H,11-17,22-25H2,1-10H3/q+1. The van der Waals surface area contributed by atoms with E-state index in [-0.39, 0.29) is 10.8 Å². The Balaban J connectivity index is 1.42. The summed E-state index contributed by atoms with van der Waals surface area (Å²) in [6.07, 6.45) is 13.0. The van der Waals surface area contributed by atoms with E-state index >= 15 is 0 Å². The van der Waals surface area contributed by atoms with E-state index in [0.717, 1.165) is 70.2 Å². The second-order valence-electron chi connectivity index (χ2n) is 15.2. The number of likely N-dealkylation sites (N-methyl/N-ethyl adjacent to an activating group) is 2. The van der Waals surface area contributed by atoms with E-state index in [1.807, 2.05) is 0 Å². The van der Waals surface area contributed by atoms with Crippen molar-refractivity contribution in [3.8, 4) is 11.5 Å². The molecule has 6 heteroatoms. The smallest absolute Gasteiger partial charge is 0.206 e. The molecule has 2 aromatic rings. The number of morpholine rings is 1. The van der Waals surface area contributed by atoms with Gasteiger partial charge in [0, 0.05) is 57.8 Å². The number of anilines is 2. The maximum absolute atomic E-state index is 5.99. The number of fused-ring (bicyclic) bond motifs is 2. The Labute approximate surface area is 301 Å². The molecule has 2 aromatic carbocycles. The zero-order valence-electron chi connectivity index (χ0n) is 32.5. The molecule has 268 valence electrons. The summed E-state index contributed by atoms with van der Waals surface area (Å²) in [5.74, 6) is 1.93. The number of nitrogens with zero attached hydrogens (tertiary/aromatic N) is 3.